The fourth-order valence-corrected chi connectivity index (χ4v) is 4.67. The van der Waals surface area contributed by atoms with E-state index >= 15 is 0 Å². The van der Waals surface area contributed by atoms with Crippen molar-refractivity contribution in [3.8, 4) is 5.75 Å². The van der Waals surface area contributed by atoms with Crippen LogP contribution in [0, 0.1) is 0 Å². The highest BCUT2D eigenvalue weighted by Gasteiger charge is 2.40. The summed E-state index contributed by atoms with van der Waals surface area (Å²) in [4.78, 5) is 28.3. The van der Waals surface area contributed by atoms with Gasteiger partial charge in [0, 0.05) is 12.4 Å². The summed E-state index contributed by atoms with van der Waals surface area (Å²) in [5, 5.41) is 0. The van der Waals surface area contributed by atoms with Crippen LogP contribution in [-0.4, -0.2) is 43.1 Å². The maximum atomic E-state index is 13.2. The van der Waals surface area contributed by atoms with E-state index in [1.54, 1.807) is 7.11 Å². The molecule has 0 spiro atoms. The third-order valence-electron chi connectivity index (χ3n) is 5.14. The minimum Gasteiger partial charge on any atom is -0.497 e. The molecule has 2 aromatic rings. The summed E-state index contributed by atoms with van der Waals surface area (Å²) >= 11 is 1.42. The second-order valence-electron chi connectivity index (χ2n) is 7.06. The summed E-state index contributed by atoms with van der Waals surface area (Å²) in [5.74, 6) is 0.868. The van der Waals surface area contributed by atoms with Gasteiger partial charge in [-0.1, -0.05) is 42.5 Å². The van der Waals surface area contributed by atoms with Crippen molar-refractivity contribution in [3.63, 3.8) is 0 Å². The Labute approximate surface area is 174 Å². The Bertz CT molecular complexity index is 918. The highest BCUT2D eigenvalue weighted by molar-refractivity contribution is 8.03. The first-order chi connectivity index (χ1) is 14.2. The Kier molecular flexibility index (Phi) is 6.02. The van der Waals surface area contributed by atoms with Crippen molar-refractivity contribution in [1.82, 2.24) is 4.90 Å². The second-order valence-corrected chi connectivity index (χ2v) is 8.05. The number of benzene rings is 2. The van der Waals surface area contributed by atoms with Crippen molar-refractivity contribution in [2.45, 2.75) is 24.7 Å². The van der Waals surface area contributed by atoms with Crippen molar-refractivity contribution in [2.75, 3.05) is 20.3 Å². The first-order valence-corrected chi connectivity index (χ1v) is 10.7. The zero-order valence-electron chi connectivity index (χ0n) is 16.3. The van der Waals surface area contributed by atoms with Crippen molar-refractivity contribution in [1.29, 1.82) is 0 Å². The predicted molar refractivity (Wildman–Crippen MR) is 113 cm³/mol. The lowest BCUT2D eigenvalue weighted by atomic mass is 10.1. The molecule has 0 aliphatic carbocycles. The Morgan fingerprint density at radius 3 is 2.48 bits per heavy atom. The van der Waals surface area contributed by atoms with E-state index in [2.05, 4.69) is 0 Å². The fourth-order valence-electron chi connectivity index (χ4n) is 3.59. The molecule has 1 atom stereocenters. The van der Waals surface area contributed by atoms with Crippen LogP contribution in [0.1, 0.15) is 24.0 Å². The molecule has 0 bridgehead atoms. The largest absolute Gasteiger partial charge is 0.497 e. The van der Waals surface area contributed by atoms with Crippen molar-refractivity contribution in [2.24, 2.45) is 0 Å². The molecule has 2 aliphatic rings. The molecule has 0 N–H and O–H groups in total. The molecule has 150 valence electrons. The van der Waals surface area contributed by atoms with Gasteiger partial charge in [-0.15, -0.1) is 11.8 Å². The Balaban J connectivity index is 1.63. The third kappa shape index (κ3) is 4.23. The van der Waals surface area contributed by atoms with Crippen LogP contribution in [-0.2, 0) is 20.1 Å². The van der Waals surface area contributed by atoms with Gasteiger partial charge in [-0.25, -0.2) is 0 Å². The van der Waals surface area contributed by atoms with Crippen LogP contribution in [0.3, 0.4) is 0 Å². The van der Waals surface area contributed by atoms with Gasteiger partial charge in [-0.05, 0) is 36.1 Å². The highest BCUT2D eigenvalue weighted by Crippen LogP contribution is 2.38. The molecule has 1 unspecified atom stereocenters. The number of nitrogens with zero attached hydrogens (tertiary/aromatic N) is 1. The van der Waals surface area contributed by atoms with E-state index in [4.69, 9.17) is 9.47 Å². The maximum Gasteiger partial charge on any atom is 0.268 e. The molecular weight excluding hydrogens is 386 g/mol. The lowest BCUT2D eigenvalue weighted by molar-refractivity contribution is -0.138. The minimum absolute atomic E-state index is 0.0708. The first-order valence-electron chi connectivity index (χ1n) is 9.70. The van der Waals surface area contributed by atoms with Crippen LogP contribution in [0.4, 0.5) is 0 Å². The smallest absolute Gasteiger partial charge is 0.268 e. The maximum absolute atomic E-state index is 13.2. The Morgan fingerprint density at radius 1 is 1.07 bits per heavy atom. The molecule has 1 saturated heterocycles. The van der Waals surface area contributed by atoms with Crippen molar-refractivity contribution >= 4 is 29.1 Å². The molecule has 2 amide bonds. The van der Waals surface area contributed by atoms with Crippen LogP contribution >= 0.6 is 11.8 Å². The summed E-state index contributed by atoms with van der Waals surface area (Å²) in [5.41, 5.74) is 2.31. The average Bonchev–Trinajstić information content (AvgIpc) is 3.35. The zero-order valence-corrected chi connectivity index (χ0v) is 17.1. The van der Waals surface area contributed by atoms with Crippen LogP contribution in [0.25, 0.3) is 5.57 Å². The van der Waals surface area contributed by atoms with Gasteiger partial charge in [-0.3, -0.25) is 14.5 Å². The Hall–Kier alpha value is -2.57. The fraction of sp³-hybridized carbons (Fsp3) is 0.304. The van der Waals surface area contributed by atoms with E-state index in [9.17, 15) is 9.59 Å². The van der Waals surface area contributed by atoms with E-state index in [0.717, 1.165) is 24.0 Å². The van der Waals surface area contributed by atoms with E-state index in [1.165, 1.54) is 16.7 Å². The van der Waals surface area contributed by atoms with Gasteiger partial charge in [0.1, 0.15) is 5.75 Å². The molecule has 1 fully saturated rings. The lowest BCUT2D eigenvalue weighted by Gasteiger charge is -2.19. The number of carbonyl (C=O) groups is 2. The molecule has 0 saturated carbocycles. The average molecular weight is 410 g/mol. The monoisotopic (exact) mass is 409 g/mol. The number of hydrogen-bond acceptors (Lipinski definition) is 5. The number of thioether (sulfide) groups is 1. The molecule has 5 nitrogen and oxygen atoms in total. The van der Waals surface area contributed by atoms with Gasteiger partial charge in [0.25, 0.3) is 11.8 Å². The van der Waals surface area contributed by atoms with E-state index in [-0.39, 0.29) is 17.9 Å². The third-order valence-corrected chi connectivity index (χ3v) is 6.29. The van der Waals surface area contributed by atoms with Crippen molar-refractivity contribution in [3.05, 3.63) is 70.6 Å². The van der Waals surface area contributed by atoms with Gasteiger partial charge >= 0.3 is 0 Å². The summed E-state index contributed by atoms with van der Waals surface area (Å²) in [6.07, 6.45) is 1.77. The molecule has 4 rings (SSSR count). The van der Waals surface area contributed by atoms with Gasteiger partial charge in [-0.2, -0.15) is 0 Å². The van der Waals surface area contributed by atoms with Gasteiger partial charge in [0.15, 0.2) is 0 Å². The Morgan fingerprint density at radius 2 is 1.83 bits per heavy atom. The minimum atomic E-state index is -0.244. The molecule has 0 aromatic heterocycles. The highest BCUT2D eigenvalue weighted by atomic mass is 32.2. The van der Waals surface area contributed by atoms with Crippen LogP contribution in [0.2, 0.25) is 0 Å². The normalized spacial score (nSPS) is 19.3. The van der Waals surface area contributed by atoms with Gasteiger partial charge in [0.05, 0.1) is 30.2 Å². The van der Waals surface area contributed by atoms with E-state index < -0.39 is 0 Å². The molecule has 2 heterocycles. The molecule has 6 heteroatoms. The van der Waals surface area contributed by atoms with Crippen molar-refractivity contribution < 1.29 is 19.1 Å². The van der Waals surface area contributed by atoms with E-state index in [1.807, 2.05) is 54.6 Å². The van der Waals surface area contributed by atoms with Gasteiger partial charge in [0.2, 0.25) is 0 Å². The zero-order chi connectivity index (χ0) is 20.2. The summed E-state index contributed by atoms with van der Waals surface area (Å²) < 4.78 is 10.9. The summed E-state index contributed by atoms with van der Waals surface area (Å²) in [6, 6.07) is 17.2. The number of ether oxygens (including phenoxy) is 2. The molecule has 0 radical (unpaired) electrons. The molecule has 2 aromatic carbocycles. The van der Waals surface area contributed by atoms with Gasteiger partial charge < -0.3 is 9.47 Å². The number of imide groups is 1. The number of amides is 2. The SMILES string of the molecule is COc1ccc(C2=C(SCc3ccccc3)C(=O)N(CC3CCCO3)C2=O)cc1. The number of hydrogen-bond donors (Lipinski definition) is 0. The standard InChI is InChI=1S/C23H23NO4S/c1-27-18-11-9-17(10-12-18)20-21(29-15-16-6-3-2-4-7-16)23(26)24(22(20)25)14-19-8-5-13-28-19/h2-4,6-7,9-12,19H,5,8,13-15H2,1H3. The number of methoxy groups -OCH3 is 1. The van der Waals surface area contributed by atoms with Crippen LogP contribution < -0.4 is 4.74 Å². The number of carbonyl (C=O) groups excluding carboxylic acids is 2. The second kappa shape index (κ2) is 8.84. The quantitative estimate of drug-likeness (QED) is 0.650. The summed E-state index contributed by atoms with van der Waals surface area (Å²) in [6.45, 7) is 1.00. The lowest BCUT2D eigenvalue weighted by Crippen LogP contribution is -2.37. The summed E-state index contributed by atoms with van der Waals surface area (Å²) in [7, 11) is 1.60. The molecule has 29 heavy (non-hydrogen) atoms. The topological polar surface area (TPSA) is 55.8 Å². The predicted octanol–water partition coefficient (Wildman–Crippen LogP) is 3.89. The molecule has 2 aliphatic heterocycles. The van der Waals surface area contributed by atoms with Crippen LogP contribution in [0.15, 0.2) is 59.5 Å². The first kappa shape index (κ1) is 19.7. The molecular formula is C23H23NO4S. The van der Waals surface area contributed by atoms with E-state index in [0.29, 0.717) is 35.1 Å². The number of rotatable bonds is 7. The van der Waals surface area contributed by atoms with Crippen LogP contribution in [0.5, 0.6) is 5.75 Å².